The summed E-state index contributed by atoms with van der Waals surface area (Å²) in [4.78, 5) is 21.4. The van der Waals surface area contributed by atoms with E-state index in [1.54, 1.807) is 6.07 Å². The standard InChI is InChI=1S/C10H13BrN4O/c11-8-5-9(14-6-13-8)15-4-2-1-3-7(15)10(12)16/h5-7H,1-4H2,(H2,12,16). The molecule has 2 rings (SSSR count). The molecule has 1 aliphatic heterocycles. The van der Waals surface area contributed by atoms with Gasteiger partial charge in [0.1, 0.15) is 22.8 Å². The van der Waals surface area contributed by atoms with Crippen molar-refractivity contribution in [3.8, 4) is 0 Å². The molecule has 0 spiro atoms. The van der Waals surface area contributed by atoms with Gasteiger partial charge in [-0.25, -0.2) is 9.97 Å². The number of rotatable bonds is 2. The van der Waals surface area contributed by atoms with Gasteiger partial charge in [0.2, 0.25) is 5.91 Å². The Morgan fingerprint density at radius 3 is 3.00 bits per heavy atom. The van der Waals surface area contributed by atoms with Crippen LogP contribution in [0.2, 0.25) is 0 Å². The molecule has 5 nitrogen and oxygen atoms in total. The van der Waals surface area contributed by atoms with Crippen molar-refractivity contribution in [3.05, 3.63) is 17.0 Å². The summed E-state index contributed by atoms with van der Waals surface area (Å²) in [6.07, 6.45) is 4.38. The van der Waals surface area contributed by atoms with E-state index in [4.69, 9.17) is 5.73 Å². The predicted molar refractivity (Wildman–Crippen MR) is 63.9 cm³/mol. The van der Waals surface area contributed by atoms with Crippen LogP contribution in [0, 0.1) is 0 Å². The van der Waals surface area contributed by atoms with Gasteiger partial charge in [0.25, 0.3) is 0 Å². The van der Waals surface area contributed by atoms with Gasteiger partial charge in [-0.2, -0.15) is 0 Å². The second-order valence-electron chi connectivity index (χ2n) is 3.81. The summed E-state index contributed by atoms with van der Waals surface area (Å²) in [5.74, 6) is 0.472. The van der Waals surface area contributed by atoms with Crippen molar-refractivity contribution in [1.29, 1.82) is 0 Å². The molecule has 0 aliphatic carbocycles. The molecule has 1 fully saturated rings. The summed E-state index contributed by atoms with van der Waals surface area (Å²) in [7, 11) is 0. The van der Waals surface area contributed by atoms with Gasteiger partial charge in [-0.05, 0) is 35.2 Å². The second kappa shape index (κ2) is 4.78. The molecule has 16 heavy (non-hydrogen) atoms. The average molecular weight is 285 g/mol. The molecule has 0 radical (unpaired) electrons. The van der Waals surface area contributed by atoms with E-state index in [0.717, 1.165) is 31.6 Å². The highest BCUT2D eigenvalue weighted by Gasteiger charge is 2.27. The fraction of sp³-hybridized carbons (Fsp3) is 0.500. The molecule has 6 heteroatoms. The summed E-state index contributed by atoms with van der Waals surface area (Å²) < 4.78 is 0.714. The lowest BCUT2D eigenvalue weighted by molar-refractivity contribution is -0.119. The van der Waals surface area contributed by atoms with Crippen LogP contribution in [0.1, 0.15) is 19.3 Å². The Morgan fingerprint density at radius 1 is 1.50 bits per heavy atom. The summed E-state index contributed by atoms with van der Waals surface area (Å²) in [5.41, 5.74) is 5.40. The normalized spacial score (nSPS) is 20.8. The quantitative estimate of drug-likeness (QED) is 0.825. The molecule has 1 atom stereocenters. The topological polar surface area (TPSA) is 72.1 Å². The molecule has 1 aromatic heterocycles. The molecule has 1 saturated heterocycles. The van der Waals surface area contributed by atoms with Crippen LogP contribution in [0.4, 0.5) is 5.82 Å². The number of halogens is 1. The van der Waals surface area contributed by atoms with E-state index in [-0.39, 0.29) is 11.9 Å². The van der Waals surface area contributed by atoms with Crippen molar-refractivity contribution in [3.63, 3.8) is 0 Å². The van der Waals surface area contributed by atoms with Crippen LogP contribution < -0.4 is 10.6 Å². The number of carbonyl (C=O) groups is 1. The van der Waals surface area contributed by atoms with Crippen LogP contribution in [0.5, 0.6) is 0 Å². The number of nitrogens with two attached hydrogens (primary N) is 1. The third-order valence-electron chi connectivity index (χ3n) is 2.74. The summed E-state index contributed by atoms with van der Waals surface area (Å²) in [5, 5.41) is 0. The molecule has 2 heterocycles. The molecule has 86 valence electrons. The number of nitrogens with zero attached hydrogens (tertiary/aromatic N) is 3. The lowest BCUT2D eigenvalue weighted by Crippen LogP contribution is -2.48. The lowest BCUT2D eigenvalue weighted by atomic mass is 10.0. The Labute approximate surface area is 102 Å². The fourth-order valence-electron chi connectivity index (χ4n) is 1.98. The molecule has 1 unspecified atom stereocenters. The van der Waals surface area contributed by atoms with Crippen LogP contribution in [0.25, 0.3) is 0 Å². The monoisotopic (exact) mass is 284 g/mol. The Morgan fingerprint density at radius 2 is 2.31 bits per heavy atom. The number of piperidine rings is 1. The number of primary amides is 1. The number of carbonyl (C=O) groups excluding carboxylic acids is 1. The Bertz CT molecular complexity index is 398. The minimum Gasteiger partial charge on any atom is -0.368 e. The second-order valence-corrected chi connectivity index (χ2v) is 4.62. The van der Waals surface area contributed by atoms with Crippen molar-refractivity contribution in [2.24, 2.45) is 5.73 Å². The van der Waals surface area contributed by atoms with E-state index in [1.807, 2.05) is 4.90 Å². The molecule has 0 bridgehead atoms. The van der Waals surface area contributed by atoms with Crippen LogP contribution in [0.15, 0.2) is 17.0 Å². The number of aromatic nitrogens is 2. The first kappa shape index (κ1) is 11.3. The van der Waals surface area contributed by atoms with Gasteiger partial charge in [0.05, 0.1) is 0 Å². The van der Waals surface area contributed by atoms with Crippen molar-refractivity contribution in [1.82, 2.24) is 9.97 Å². The summed E-state index contributed by atoms with van der Waals surface area (Å²) in [6, 6.07) is 1.57. The molecule has 1 amide bonds. The van der Waals surface area contributed by atoms with E-state index in [9.17, 15) is 4.79 Å². The third-order valence-corrected chi connectivity index (χ3v) is 3.18. The number of hydrogen-bond donors (Lipinski definition) is 1. The highest BCUT2D eigenvalue weighted by atomic mass is 79.9. The highest BCUT2D eigenvalue weighted by Crippen LogP contribution is 2.24. The molecule has 0 saturated carbocycles. The molecular weight excluding hydrogens is 272 g/mol. The van der Waals surface area contributed by atoms with E-state index in [2.05, 4.69) is 25.9 Å². The first-order valence-electron chi connectivity index (χ1n) is 5.22. The van der Waals surface area contributed by atoms with Crippen molar-refractivity contribution in [2.75, 3.05) is 11.4 Å². The number of hydrogen-bond acceptors (Lipinski definition) is 4. The SMILES string of the molecule is NC(=O)C1CCCCN1c1cc(Br)ncn1. The largest absolute Gasteiger partial charge is 0.368 e. The van der Waals surface area contributed by atoms with Gasteiger partial charge in [-0.3, -0.25) is 4.79 Å². The zero-order valence-electron chi connectivity index (χ0n) is 8.77. The smallest absolute Gasteiger partial charge is 0.240 e. The van der Waals surface area contributed by atoms with E-state index < -0.39 is 0 Å². The van der Waals surface area contributed by atoms with Crippen LogP contribution in [0.3, 0.4) is 0 Å². The highest BCUT2D eigenvalue weighted by molar-refractivity contribution is 9.10. The first-order valence-corrected chi connectivity index (χ1v) is 6.01. The first-order chi connectivity index (χ1) is 7.68. The fourth-order valence-corrected chi connectivity index (χ4v) is 2.28. The number of amides is 1. The third kappa shape index (κ3) is 2.32. The van der Waals surface area contributed by atoms with Gasteiger partial charge in [-0.1, -0.05) is 0 Å². The minimum absolute atomic E-state index is 0.240. The van der Waals surface area contributed by atoms with Gasteiger partial charge in [-0.15, -0.1) is 0 Å². The maximum absolute atomic E-state index is 11.3. The molecule has 1 aliphatic rings. The van der Waals surface area contributed by atoms with E-state index in [1.165, 1.54) is 6.33 Å². The summed E-state index contributed by atoms with van der Waals surface area (Å²) >= 11 is 3.29. The van der Waals surface area contributed by atoms with Crippen LogP contribution in [-0.4, -0.2) is 28.5 Å². The lowest BCUT2D eigenvalue weighted by Gasteiger charge is -2.34. The number of anilines is 1. The van der Waals surface area contributed by atoms with Gasteiger partial charge < -0.3 is 10.6 Å². The Balaban J connectivity index is 2.26. The molecule has 0 aromatic carbocycles. The van der Waals surface area contributed by atoms with Gasteiger partial charge in [0.15, 0.2) is 0 Å². The average Bonchev–Trinajstić information content (AvgIpc) is 2.29. The van der Waals surface area contributed by atoms with Gasteiger partial charge >= 0.3 is 0 Å². The Hall–Kier alpha value is -1.17. The zero-order chi connectivity index (χ0) is 11.5. The van der Waals surface area contributed by atoms with Crippen LogP contribution in [-0.2, 0) is 4.79 Å². The minimum atomic E-state index is -0.283. The Kier molecular flexibility index (Phi) is 3.38. The molecule has 1 aromatic rings. The van der Waals surface area contributed by atoms with E-state index >= 15 is 0 Å². The van der Waals surface area contributed by atoms with Crippen molar-refractivity contribution >= 4 is 27.7 Å². The van der Waals surface area contributed by atoms with E-state index in [0.29, 0.717) is 4.60 Å². The summed E-state index contributed by atoms with van der Waals surface area (Å²) in [6.45, 7) is 0.817. The maximum Gasteiger partial charge on any atom is 0.240 e. The van der Waals surface area contributed by atoms with Gasteiger partial charge in [0, 0.05) is 12.6 Å². The van der Waals surface area contributed by atoms with Crippen LogP contribution >= 0.6 is 15.9 Å². The van der Waals surface area contributed by atoms with Crippen molar-refractivity contribution in [2.45, 2.75) is 25.3 Å². The molecular formula is C10H13BrN4O. The molecule has 2 N–H and O–H groups in total. The van der Waals surface area contributed by atoms with Crippen molar-refractivity contribution < 1.29 is 4.79 Å². The zero-order valence-corrected chi connectivity index (χ0v) is 10.4. The predicted octanol–water partition coefficient (Wildman–Crippen LogP) is 1.08. The maximum atomic E-state index is 11.3.